The molecule has 3 aromatic carbocycles. The molecular weight excluding hydrogens is 813 g/mol. The average molecular weight is 869 g/mol. The van der Waals surface area contributed by atoms with Gasteiger partial charge in [0, 0.05) is 44.1 Å². The number of aliphatic hydroxyl groups is 2. The summed E-state index contributed by atoms with van der Waals surface area (Å²) >= 11 is 0. The zero-order valence-corrected chi connectivity index (χ0v) is 36.3. The van der Waals surface area contributed by atoms with Gasteiger partial charge >= 0.3 is 11.9 Å². The van der Waals surface area contributed by atoms with Crippen LogP contribution in [-0.4, -0.2) is 125 Å². The Morgan fingerprint density at radius 2 is 1.56 bits per heavy atom. The summed E-state index contributed by atoms with van der Waals surface area (Å²) in [6, 6.07) is 22.0. The van der Waals surface area contributed by atoms with E-state index < -0.39 is 95.8 Å². The minimum Gasteiger partial charge on any atom is -0.460 e. The molecule has 1 aliphatic carbocycles. The van der Waals surface area contributed by atoms with Crippen LogP contribution in [-0.2, 0) is 60.1 Å². The largest absolute Gasteiger partial charge is 0.460 e. The van der Waals surface area contributed by atoms with Gasteiger partial charge in [-0.05, 0) is 51.3 Å². The van der Waals surface area contributed by atoms with Crippen molar-refractivity contribution < 1.29 is 58.0 Å². The molecule has 3 aliphatic heterocycles. The summed E-state index contributed by atoms with van der Waals surface area (Å²) in [6.45, 7) is 5.93. The first-order chi connectivity index (χ1) is 30.0. The van der Waals surface area contributed by atoms with Crippen molar-refractivity contribution in [3.05, 3.63) is 113 Å². The number of carbonyl (C=O) groups is 5. The van der Waals surface area contributed by atoms with Crippen LogP contribution in [0.15, 0.2) is 91.0 Å². The van der Waals surface area contributed by atoms with Crippen molar-refractivity contribution in [1.82, 2.24) is 20.6 Å². The lowest BCUT2D eigenvalue weighted by molar-refractivity contribution is -0.213. The van der Waals surface area contributed by atoms with Crippen molar-refractivity contribution in [3.63, 3.8) is 0 Å². The van der Waals surface area contributed by atoms with E-state index in [1.807, 2.05) is 78.9 Å². The number of nitrogens with zero attached hydrogens (tertiary/aromatic N) is 2. The first-order valence-electron chi connectivity index (χ1n) is 21.2. The maximum Gasteiger partial charge on any atom is 0.327 e. The van der Waals surface area contributed by atoms with Gasteiger partial charge in [-0.3, -0.25) is 28.8 Å². The van der Waals surface area contributed by atoms with E-state index in [-0.39, 0.29) is 31.7 Å². The number of hydrogen-bond acceptors (Lipinski definition) is 13. The highest BCUT2D eigenvalue weighted by atomic mass is 16.8. The smallest absolute Gasteiger partial charge is 0.327 e. The van der Waals surface area contributed by atoms with Crippen molar-refractivity contribution in [2.75, 3.05) is 20.7 Å². The molecule has 1 saturated carbocycles. The quantitative estimate of drug-likeness (QED) is 0.129. The number of hydroxylamine groups is 2. The van der Waals surface area contributed by atoms with Crippen LogP contribution in [0.5, 0.6) is 0 Å². The predicted molar refractivity (Wildman–Crippen MR) is 226 cm³/mol. The molecule has 2 bridgehead atoms. The van der Waals surface area contributed by atoms with Crippen molar-refractivity contribution in [1.29, 1.82) is 0 Å². The average Bonchev–Trinajstić information content (AvgIpc) is 3.83. The molecule has 336 valence electrons. The van der Waals surface area contributed by atoms with E-state index in [4.69, 9.17) is 23.8 Å². The van der Waals surface area contributed by atoms with Gasteiger partial charge in [-0.2, -0.15) is 5.06 Å². The highest BCUT2D eigenvalue weighted by Gasteiger charge is 2.76. The van der Waals surface area contributed by atoms with Gasteiger partial charge in [0.15, 0.2) is 6.04 Å². The first kappa shape index (κ1) is 45.5. The molecule has 3 amide bonds. The van der Waals surface area contributed by atoms with Gasteiger partial charge in [-0.15, -0.1) is 0 Å². The summed E-state index contributed by atoms with van der Waals surface area (Å²) < 4.78 is 25.5. The monoisotopic (exact) mass is 868 g/mol. The summed E-state index contributed by atoms with van der Waals surface area (Å²) in [5, 5.41) is 28.0. The number of fused-ring (bicyclic) bond motifs is 4. The summed E-state index contributed by atoms with van der Waals surface area (Å²) in [5.41, 5.74) is 0.134. The fourth-order valence-corrected chi connectivity index (χ4v) is 8.87. The van der Waals surface area contributed by atoms with E-state index in [0.29, 0.717) is 22.3 Å². The van der Waals surface area contributed by atoms with E-state index in [9.17, 15) is 29.4 Å². The number of benzene rings is 3. The van der Waals surface area contributed by atoms with Gasteiger partial charge in [-0.25, -0.2) is 0 Å². The van der Waals surface area contributed by atoms with E-state index in [1.165, 1.54) is 23.0 Å². The predicted octanol–water partition coefficient (Wildman–Crippen LogP) is 2.74. The van der Waals surface area contributed by atoms with E-state index in [2.05, 4.69) is 10.6 Å². The highest BCUT2D eigenvalue weighted by Crippen LogP contribution is 2.59. The van der Waals surface area contributed by atoms with Crippen molar-refractivity contribution in [3.8, 4) is 0 Å². The van der Waals surface area contributed by atoms with Gasteiger partial charge in [-0.1, -0.05) is 84.9 Å². The van der Waals surface area contributed by atoms with Crippen LogP contribution in [0.1, 0.15) is 69.2 Å². The maximum atomic E-state index is 15.3. The molecule has 3 aromatic rings. The topological polar surface area (TPSA) is 202 Å². The lowest BCUT2D eigenvalue weighted by Crippen LogP contribution is -2.71. The molecule has 0 spiro atoms. The molecule has 9 atom stereocenters. The van der Waals surface area contributed by atoms with Gasteiger partial charge in [0.1, 0.15) is 41.5 Å². The van der Waals surface area contributed by atoms with Crippen LogP contribution in [0, 0.1) is 5.41 Å². The van der Waals surface area contributed by atoms with Crippen LogP contribution >= 0.6 is 0 Å². The van der Waals surface area contributed by atoms with Gasteiger partial charge in [0.05, 0.1) is 25.3 Å². The molecule has 4 N–H and O–H groups in total. The number of nitrogens with one attached hydrogen (secondary N) is 2. The van der Waals surface area contributed by atoms with Crippen molar-refractivity contribution >= 4 is 35.7 Å². The minimum absolute atomic E-state index is 0.0208. The second-order valence-electron chi connectivity index (χ2n) is 17.7. The maximum absolute atomic E-state index is 15.3. The Morgan fingerprint density at radius 3 is 2.16 bits per heavy atom. The summed E-state index contributed by atoms with van der Waals surface area (Å²) in [6.07, 6.45) is -2.68. The second-order valence-corrected chi connectivity index (χ2v) is 17.7. The van der Waals surface area contributed by atoms with Crippen LogP contribution < -0.4 is 10.6 Å². The Balaban J connectivity index is 1.25. The van der Waals surface area contributed by atoms with Crippen LogP contribution in [0.25, 0.3) is 6.08 Å². The normalized spacial score (nSPS) is 26.2. The number of ether oxygens (including phenoxy) is 4. The molecule has 0 aromatic heterocycles. The Labute approximate surface area is 366 Å². The molecule has 0 radical (unpaired) electrons. The molecule has 16 nitrogen and oxygen atoms in total. The van der Waals surface area contributed by atoms with Crippen molar-refractivity contribution in [2.24, 2.45) is 5.41 Å². The molecular formula is C47H56N4O12. The zero-order chi connectivity index (χ0) is 45.3. The fraction of sp³-hybridized carbons (Fsp3) is 0.468. The second kappa shape index (κ2) is 18.3. The summed E-state index contributed by atoms with van der Waals surface area (Å²) in [5.74, 6) is -4.64. The summed E-state index contributed by atoms with van der Waals surface area (Å²) in [7, 11) is 3.28. The Morgan fingerprint density at radius 1 is 0.937 bits per heavy atom. The zero-order valence-electron chi connectivity index (χ0n) is 36.3. The lowest BCUT2D eigenvalue weighted by atomic mass is 9.62. The number of carbonyl (C=O) groups excluding carboxylic acids is 5. The molecule has 4 fully saturated rings. The van der Waals surface area contributed by atoms with Crippen LogP contribution in [0.3, 0.4) is 0 Å². The SMILES string of the molecule is C[C@H](O)[C@@H](NC(=O)[C@@]12C[C@H]3OC(=O)[C@@H]1N(Cc1ccccc1C=CC(=O)N(C)C)O[C@@H]2[C@H]1OC(c2ccccc2)(c2ccccc2)O[C@H]13)C(=O)N[C@H](CO)CCC(=O)OC(C)(C)C. The van der Waals surface area contributed by atoms with Gasteiger partial charge in [0.25, 0.3) is 0 Å². The molecule has 3 saturated heterocycles. The number of esters is 2. The van der Waals surface area contributed by atoms with Gasteiger partial charge < -0.3 is 44.7 Å². The van der Waals surface area contributed by atoms with E-state index in [0.717, 1.165) is 0 Å². The third kappa shape index (κ3) is 9.14. The molecule has 7 rings (SSSR count). The number of aliphatic hydroxyl groups excluding tert-OH is 2. The third-order valence-corrected chi connectivity index (χ3v) is 11.8. The number of rotatable bonds is 15. The molecule has 63 heavy (non-hydrogen) atoms. The van der Waals surface area contributed by atoms with Gasteiger partial charge in [0.2, 0.25) is 23.5 Å². The first-order valence-corrected chi connectivity index (χ1v) is 21.2. The molecule has 3 heterocycles. The van der Waals surface area contributed by atoms with E-state index >= 15 is 4.79 Å². The van der Waals surface area contributed by atoms with Crippen LogP contribution in [0.4, 0.5) is 0 Å². The molecule has 4 aliphatic rings. The Kier molecular flexibility index (Phi) is 13.2. The Bertz CT molecular complexity index is 2150. The molecule has 0 unspecified atom stereocenters. The minimum atomic E-state index is -1.76. The van der Waals surface area contributed by atoms with Crippen molar-refractivity contribution in [2.45, 2.75) is 114 Å². The molecule has 16 heteroatoms. The number of amides is 3. The van der Waals surface area contributed by atoms with Crippen LogP contribution in [0.2, 0.25) is 0 Å². The third-order valence-electron chi connectivity index (χ3n) is 11.8. The Hall–Kier alpha value is -5.49. The number of likely N-dealkylation sites (N-methyl/N-ethyl adjacent to an activating group) is 1. The highest BCUT2D eigenvalue weighted by molar-refractivity contribution is 5.96. The number of hydrogen-bond donors (Lipinski definition) is 4. The van der Waals surface area contributed by atoms with E-state index in [1.54, 1.807) is 47.0 Å². The summed E-state index contributed by atoms with van der Waals surface area (Å²) in [4.78, 5) is 76.9. The fourth-order valence-electron chi connectivity index (χ4n) is 8.87. The standard InChI is InChI=1S/C47H56N4O12/c1-28(53)37(42(56)48-33(27-52)22-24-36(55)60-45(2,3)4)49-44(58)46-25-34-38-39(62-47(61-38,31-17-9-7-10-18-31)32-19-11-8-12-20-32)41(46)63-51(40(46)43(57)59-34)26-30-16-14-13-15-29(30)21-23-35(54)50(5)6/h7-21,23,28,33-34,37-41,52-53H,22,24-27H2,1-6H3,(H,48,56)(H,49,58)/t28-,33-,34+,37+,38-,39-,40-,41+,46-/m0/s1. The lowest BCUT2D eigenvalue weighted by Gasteiger charge is -2.49.